The van der Waals surface area contributed by atoms with Crippen LogP contribution in [-0.2, 0) is 0 Å². The van der Waals surface area contributed by atoms with Crippen molar-refractivity contribution in [3.05, 3.63) is 23.0 Å². The predicted octanol–water partition coefficient (Wildman–Crippen LogP) is 2.97. The van der Waals surface area contributed by atoms with E-state index in [0.29, 0.717) is 17.3 Å². The molecule has 108 valence electrons. The molecule has 0 aliphatic heterocycles. The largest absolute Gasteiger partial charge is 0.344 e. The van der Waals surface area contributed by atoms with Crippen molar-refractivity contribution in [2.24, 2.45) is 5.73 Å². The van der Waals surface area contributed by atoms with E-state index in [1.165, 1.54) is 0 Å². The minimum absolute atomic E-state index is 0.116. The van der Waals surface area contributed by atoms with Crippen LogP contribution in [0.4, 0.5) is 0 Å². The zero-order valence-corrected chi connectivity index (χ0v) is 12.9. The van der Waals surface area contributed by atoms with Crippen molar-refractivity contribution >= 4 is 17.5 Å². The fraction of sp³-hybridized carbons (Fsp3) is 0.643. The lowest BCUT2D eigenvalue weighted by molar-refractivity contribution is 0.0884. The zero-order chi connectivity index (χ0) is 14.6. The lowest BCUT2D eigenvalue weighted by Crippen LogP contribution is -2.53. The molecule has 1 aromatic rings. The molecule has 0 radical (unpaired) electrons. The molecule has 1 aromatic heterocycles. The third kappa shape index (κ3) is 3.51. The summed E-state index contributed by atoms with van der Waals surface area (Å²) in [5.41, 5.74) is 6.06. The number of nitrogens with zero attached hydrogens (tertiary/aromatic N) is 1. The highest BCUT2D eigenvalue weighted by Crippen LogP contribution is 2.21. The van der Waals surface area contributed by atoms with Crippen molar-refractivity contribution in [3.8, 4) is 0 Å². The first kappa shape index (κ1) is 16.1. The van der Waals surface area contributed by atoms with Gasteiger partial charge < -0.3 is 15.6 Å². The first-order chi connectivity index (χ1) is 8.89. The van der Waals surface area contributed by atoms with Crippen molar-refractivity contribution in [1.29, 1.82) is 0 Å². The molecule has 0 bridgehead atoms. The normalized spacial score (nSPS) is 11.9. The molecule has 0 spiro atoms. The van der Waals surface area contributed by atoms with Crippen molar-refractivity contribution in [2.75, 3.05) is 6.54 Å². The van der Waals surface area contributed by atoms with Gasteiger partial charge in [0, 0.05) is 18.8 Å². The molecule has 0 aliphatic carbocycles. The van der Waals surface area contributed by atoms with Crippen LogP contribution in [-0.4, -0.2) is 22.6 Å². The molecule has 0 saturated heterocycles. The molecule has 1 amide bonds. The Kier molecular flexibility index (Phi) is 5.44. The van der Waals surface area contributed by atoms with Gasteiger partial charge in [0.25, 0.3) is 5.91 Å². The van der Waals surface area contributed by atoms with Gasteiger partial charge in [0.05, 0.1) is 10.6 Å². The third-order valence-corrected chi connectivity index (χ3v) is 3.93. The lowest BCUT2D eigenvalue weighted by atomic mass is 9.93. The van der Waals surface area contributed by atoms with Gasteiger partial charge in [0.1, 0.15) is 5.69 Å². The number of carbonyl (C=O) groups excluding carboxylic acids is 1. The Morgan fingerprint density at radius 2 is 2.05 bits per heavy atom. The summed E-state index contributed by atoms with van der Waals surface area (Å²) in [4.78, 5) is 12.4. The van der Waals surface area contributed by atoms with Crippen LogP contribution in [0.3, 0.4) is 0 Å². The molecule has 3 N–H and O–H groups in total. The van der Waals surface area contributed by atoms with E-state index in [1.54, 1.807) is 12.3 Å². The first-order valence-electron chi connectivity index (χ1n) is 6.79. The second-order valence-electron chi connectivity index (χ2n) is 5.19. The fourth-order valence-electron chi connectivity index (χ4n) is 2.13. The smallest absolute Gasteiger partial charge is 0.268 e. The molecule has 0 saturated carbocycles. The summed E-state index contributed by atoms with van der Waals surface area (Å²) in [6.45, 7) is 8.53. The highest BCUT2D eigenvalue weighted by Gasteiger charge is 2.28. The summed E-state index contributed by atoms with van der Waals surface area (Å²) < 4.78 is 1.88. The standard InChI is InChI=1S/C14H24ClN3O/c1-5-14(6-2,9-16)17-13(19)12-7-11(15)8-18(12)10(3)4/h7-8,10H,5-6,9,16H2,1-4H3,(H,17,19). The summed E-state index contributed by atoms with van der Waals surface area (Å²) in [7, 11) is 0. The molecule has 5 heteroatoms. The van der Waals surface area contributed by atoms with Crippen LogP contribution in [0.1, 0.15) is 57.1 Å². The molecular weight excluding hydrogens is 262 g/mol. The Labute approximate surface area is 120 Å². The van der Waals surface area contributed by atoms with Gasteiger partial charge in [-0.25, -0.2) is 0 Å². The topological polar surface area (TPSA) is 60.0 Å². The molecule has 0 aliphatic rings. The number of aromatic nitrogens is 1. The van der Waals surface area contributed by atoms with Crippen LogP contribution in [0.25, 0.3) is 0 Å². The van der Waals surface area contributed by atoms with E-state index in [0.717, 1.165) is 12.8 Å². The van der Waals surface area contributed by atoms with E-state index in [9.17, 15) is 4.79 Å². The second kappa shape index (κ2) is 6.44. The number of amides is 1. The monoisotopic (exact) mass is 285 g/mol. The highest BCUT2D eigenvalue weighted by atomic mass is 35.5. The average molecular weight is 286 g/mol. The number of hydrogen-bond donors (Lipinski definition) is 2. The second-order valence-corrected chi connectivity index (χ2v) is 5.63. The third-order valence-electron chi connectivity index (χ3n) is 3.73. The molecule has 0 aromatic carbocycles. The minimum Gasteiger partial charge on any atom is -0.344 e. The summed E-state index contributed by atoms with van der Waals surface area (Å²) >= 11 is 6.00. The average Bonchev–Trinajstić information content (AvgIpc) is 2.78. The van der Waals surface area contributed by atoms with Gasteiger partial charge in [-0.05, 0) is 32.8 Å². The van der Waals surface area contributed by atoms with E-state index in [4.69, 9.17) is 17.3 Å². The Hall–Kier alpha value is -1.00. The number of nitrogens with one attached hydrogen (secondary N) is 1. The molecule has 0 fully saturated rings. The quantitative estimate of drug-likeness (QED) is 0.844. The molecule has 4 nitrogen and oxygen atoms in total. The molecular formula is C14H24ClN3O. The Morgan fingerprint density at radius 1 is 1.47 bits per heavy atom. The Morgan fingerprint density at radius 3 is 2.47 bits per heavy atom. The van der Waals surface area contributed by atoms with Gasteiger partial charge in [0.15, 0.2) is 0 Å². The van der Waals surface area contributed by atoms with Crippen molar-refractivity contribution in [1.82, 2.24) is 9.88 Å². The van der Waals surface area contributed by atoms with Gasteiger partial charge in [-0.15, -0.1) is 0 Å². The first-order valence-corrected chi connectivity index (χ1v) is 7.16. The van der Waals surface area contributed by atoms with Crippen LogP contribution in [0.15, 0.2) is 12.3 Å². The fourth-order valence-corrected chi connectivity index (χ4v) is 2.33. The van der Waals surface area contributed by atoms with E-state index in [-0.39, 0.29) is 17.5 Å². The van der Waals surface area contributed by atoms with Crippen LogP contribution < -0.4 is 11.1 Å². The van der Waals surface area contributed by atoms with E-state index >= 15 is 0 Å². The van der Waals surface area contributed by atoms with Crippen LogP contribution in [0, 0.1) is 0 Å². The number of halogens is 1. The zero-order valence-electron chi connectivity index (χ0n) is 12.2. The van der Waals surface area contributed by atoms with E-state index in [2.05, 4.69) is 5.32 Å². The predicted molar refractivity (Wildman–Crippen MR) is 79.7 cm³/mol. The van der Waals surface area contributed by atoms with Crippen molar-refractivity contribution in [3.63, 3.8) is 0 Å². The van der Waals surface area contributed by atoms with E-state index in [1.807, 2.05) is 32.3 Å². The maximum atomic E-state index is 12.4. The van der Waals surface area contributed by atoms with Gasteiger partial charge >= 0.3 is 0 Å². The van der Waals surface area contributed by atoms with Gasteiger partial charge in [-0.3, -0.25) is 4.79 Å². The summed E-state index contributed by atoms with van der Waals surface area (Å²) in [6, 6.07) is 1.88. The van der Waals surface area contributed by atoms with Crippen molar-refractivity contribution < 1.29 is 4.79 Å². The molecule has 0 unspecified atom stereocenters. The van der Waals surface area contributed by atoms with E-state index < -0.39 is 0 Å². The number of rotatable bonds is 6. The summed E-state index contributed by atoms with van der Waals surface area (Å²) in [5, 5.41) is 3.64. The van der Waals surface area contributed by atoms with Crippen LogP contribution >= 0.6 is 11.6 Å². The highest BCUT2D eigenvalue weighted by molar-refractivity contribution is 6.31. The van der Waals surface area contributed by atoms with Crippen LogP contribution in [0.5, 0.6) is 0 Å². The SMILES string of the molecule is CCC(CC)(CN)NC(=O)c1cc(Cl)cn1C(C)C. The lowest BCUT2D eigenvalue weighted by Gasteiger charge is -2.31. The minimum atomic E-state index is -0.338. The number of nitrogens with two attached hydrogens (primary N) is 1. The molecule has 19 heavy (non-hydrogen) atoms. The summed E-state index contributed by atoms with van der Waals surface area (Å²) in [5.74, 6) is -0.116. The van der Waals surface area contributed by atoms with Gasteiger partial charge in [-0.1, -0.05) is 25.4 Å². The summed E-state index contributed by atoms with van der Waals surface area (Å²) in [6.07, 6.45) is 3.40. The maximum Gasteiger partial charge on any atom is 0.268 e. The Bertz CT molecular complexity index is 428. The Balaban J connectivity index is 3.01. The molecule has 1 heterocycles. The maximum absolute atomic E-state index is 12.4. The number of hydrogen-bond acceptors (Lipinski definition) is 2. The number of carbonyl (C=O) groups is 1. The van der Waals surface area contributed by atoms with Crippen LogP contribution in [0.2, 0.25) is 5.02 Å². The molecule has 1 rings (SSSR count). The molecule has 0 atom stereocenters. The van der Waals surface area contributed by atoms with Gasteiger partial charge in [-0.2, -0.15) is 0 Å². The van der Waals surface area contributed by atoms with Crippen molar-refractivity contribution in [2.45, 2.75) is 52.1 Å². The van der Waals surface area contributed by atoms with Gasteiger partial charge in [0.2, 0.25) is 0 Å².